The Morgan fingerprint density at radius 3 is 2.41 bits per heavy atom. The zero-order chi connectivity index (χ0) is 23.8. The lowest BCUT2D eigenvalue weighted by Gasteiger charge is -2.42. The first-order chi connectivity index (χ1) is 16.7. The lowest BCUT2D eigenvalue weighted by Crippen LogP contribution is -2.30. The van der Waals surface area contributed by atoms with Gasteiger partial charge in [0.05, 0.1) is 5.56 Å². The molecule has 0 N–H and O–H groups in total. The normalized spacial score (nSPS) is 24.5. The number of benzene rings is 2. The minimum absolute atomic E-state index is 0.287. The zero-order valence-corrected chi connectivity index (χ0v) is 20.8. The van der Waals surface area contributed by atoms with E-state index in [1.807, 2.05) is 42.5 Å². The third kappa shape index (κ3) is 6.50. The molecule has 0 saturated heterocycles. The van der Waals surface area contributed by atoms with Crippen LogP contribution in [0.3, 0.4) is 0 Å². The van der Waals surface area contributed by atoms with Crippen LogP contribution < -0.4 is 4.74 Å². The Balaban J connectivity index is 1.28. The highest BCUT2D eigenvalue weighted by Gasteiger charge is 2.35. The van der Waals surface area contributed by atoms with E-state index in [2.05, 4.69) is 37.8 Å². The second-order valence-corrected chi connectivity index (χ2v) is 10.3. The fourth-order valence-corrected chi connectivity index (χ4v) is 6.10. The van der Waals surface area contributed by atoms with E-state index >= 15 is 0 Å². The summed E-state index contributed by atoms with van der Waals surface area (Å²) in [6.45, 7) is 5.89. The quantitative estimate of drug-likeness (QED) is 0.214. The van der Waals surface area contributed by atoms with Gasteiger partial charge in [-0.05, 0) is 124 Å². The van der Waals surface area contributed by atoms with Crippen LogP contribution in [0.15, 0.2) is 73.3 Å². The summed E-state index contributed by atoms with van der Waals surface area (Å²) in [5, 5.41) is 0. The molecular weight excluding hydrogens is 416 g/mol. The van der Waals surface area contributed by atoms with E-state index in [-0.39, 0.29) is 5.97 Å². The maximum absolute atomic E-state index is 12.6. The summed E-state index contributed by atoms with van der Waals surface area (Å²) in [6.07, 6.45) is 19.2. The molecule has 2 aromatic rings. The van der Waals surface area contributed by atoms with Gasteiger partial charge in [-0.1, -0.05) is 48.9 Å². The summed E-state index contributed by atoms with van der Waals surface area (Å²) in [6, 6.07) is 16.0. The van der Waals surface area contributed by atoms with E-state index in [4.69, 9.17) is 4.74 Å². The van der Waals surface area contributed by atoms with E-state index < -0.39 is 0 Å². The van der Waals surface area contributed by atoms with E-state index in [0.717, 1.165) is 30.6 Å². The standard InChI is InChI=1S/C32H40O2/c1-3-5-7-9-25-10-13-30-23-29(19-18-28(30)22-25)26-14-16-27(17-15-26)32(33)34-31-20-11-24(12-21-31)8-6-4-2/h3-5,11-12,14-17,20-21,25,28-30H,2,6-10,13,18-19,22-23H2,1H3/b5-3+. The highest BCUT2D eigenvalue weighted by molar-refractivity contribution is 5.91. The molecule has 2 heteroatoms. The molecule has 0 amide bonds. The number of fused-ring (bicyclic) bond motifs is 1. The van der Waals surface area contributed by atoms with Gasteiger partial charge >= 0.3 is 5.97 Å². The van der Waals surface area contributed by atoms with Crippen molar-refractivity contribution in [3.8, 4) is 5.75 Å². The zero-order valence-electron chi connectivity index (χ0n) is 20.8. The first kappa shape index (κ1) is 24.5. The molecule has 2 nitrogen and oxygen atoms in total. The summed E-state index contributed by atoms with van der Waals surface area (Å²) in [4.78, 5) is 12.6. The number of allylic oxidation sites excluding steroid dienone is 3. The highest BCUT2D eigenvalue weighted by atomic mass is 16.5. The number of carbonyl (C=O) groups excluding carboxylic acids is 1. The van der Waals surface area contributed by atoms with Crippen molar-refractivity contribution in [2.75, 3.05) is 0 Å². The molecule has 180 valence electrons. The number of ether oxygens (including phenoxy) is 1. The van der Waals surface area contributed by atoms with Crippen LogP contribution in [0.2, 0.25) is 0 Å². The van der Waals surface area contributed by atoms with Crippen LogP contribution in [-0.4, -0.2) is 5.97 Å². The van der Waals surface area contributed by atoms with Crippen LogP contribution in [0.4, 0.5) is 0 Å². The van der Waals surface area contributed by atoms with Gasteiger partial charge in [0.25, 0.3) is 0 Å². The van der Waals surface area contributed by atoms with Crippen molar-refractivity contribution in [1.29, 1.82) is 0 Å². The van der Waals surface area contributed by atoms with E-state index in [0.29, 0.717) is 17.2 Å². The van der Waals surface area contributed by atoms with E-state index in [9.17, 15) is 4.79 Å². The Labute approximate surface area is 206 Å². The fourth-order valence-electron chi connectivity index (χ4n) is 6.10. The fraction of sp³-hybridized carbons (Fsp3) is 0.469. The summed E-state index contributed by atoms with van der Waals surface area (Å²) < 4.78 is 5.60. The van der Waals surface area contributed by atoms with Gasteiger partial charge in [-0.25, -0.2) is 4.79 Å². The second kappa shape index (κ2) is 12.2. The minimum atomic E-state index is -0.287. The van der Waals surface area contributed by atoms with Crippen LogP contribution in [0.1, 0.15) is 92.1 Å². The highest BCUT2D eigenvalue weighted by Crippen LogP contribution is 2.48. The van der Waals surface area contributed by atoms with Crippen LogP contribution in [-0.2, 0) is 6.42 Å². The van der Waals surface area contributed by atoms with Gasteiger partial charge < -0.3 is 4.74 Å². The van der Waals surface area contributed by atoms with E-state index in [1.165, 1.54) is 62.5 Å². The van der Waals surface area contributed by atoms with Crippen LogP contribution in [0.25, 0.3) is 0 Å². The number of aryl methyl sites for hydroxylation is 1. The maximum Gasteiger partial charge on any atom is 0.343 e. The van der Waals surface area contributed by atoms with Crippen molar-refractivity contribution in [2.45, 2.75) is 77.0 Å². The van der Waals surface area contributed by atoms with Crippen molar-refractivity contribution in [3.05, 3.63) is 90.0 Å². The predicted molar refractivity (Wildman–Crippen MR) is 141 cm³/mol. The molecule has 0 spiro atoms. The SMILES string of the molecule is C=CCCc1ccc(OC(=O)c2ccc(C3CCC4CC(CC/C=C/C)CCC4C3)cc2)cc1. The van der Waals surface area contributed by atoms with Gasteiger partial charge in [-0.15, -0.1) is 6.58 Å². The number of hydrogen-bond acceptors (Lipinski definition) is 2. The Bertz CT molecular complexity index is 954. The van der Waals surface area contributed by atoms with Crippen molar-refractivity contribution >= 4 is 5.97 Å². The Morgan fingerprint density at radius 1 is 0.941 bits per heavy atom. The molecule has 2 fully saturated rings. The van der Waals surface area contributed by atoms with Crippen LogP contribution >= 0.6 is 0 Å². The molecule has 4 rings (SSSR count). The molecule has 0 aromatic heterocycles. The molecule has 34 heavy (non-hydrogen) atoms. The summed E-state index contributed by atoms with van der Waals surface area (Å²) >= 11 is 0. The van der Waals surface area contributed by atoms with Gasteiger partial charge in [-0.3, -0.25) is 0 Å². The number of hydrogen-bond donors (Lipinski definition) is 0. The third-order valence-corrected chi connectivity index (χ3v) is 8.09. The van der Waals surface area contributed by atoms with Crippen molar-refractivity contribution < 1.29 is 9.53 Å². The predicted octanol–water partition coefficient (Wildman–Crippen LogP) is 8.68. The van der Waals surface area contributed by atoms with Crippen molar-refractivity contribution in [2.24, 2.45) is 17.8 Å². The summed E-state index contributed by atoms with van der Waals surface area (Å²) in [7, 11) is 0. The first-order valence-electron chi connectivity index (χ1n) is 13.3. The average Bonchev–Trinajstić information content (AvgIpc) is 2.88. The molecule has 0 aliphatic heterocycles. The molecule has 2 aliphatic carbocycles. The summed E-state index contributed by atoms with van der Waals surface area (Å²) in [5.74, 6) is 3.69. The largest absolute Gasteiger partial charge is 0.423 e. The van der Waals surface area contributed by atoms with Crippen LogP contribution in [0, 0.1) is 17.8 Å². The molecule has 4 atom stereocenters. The Morgan fingerprint density at radius 2 is 1.68 bits per heavy atom. The van der Waals surface area contributed by atoms with Gasteiger partial charge in [0.15, 0.2) is 0 Å². The number of carbonyl (C=O) groups is 1. The minimum Gasteiger partial charge on any atom is -0.423 e. The summed E-state index contributed by atoms with van der Waals surface area (Å²) in [5.41, 5.74) is 3.23. The molecule has 2 saturated carbocycles. The molecule has 0 bridgehead atoms. The average molecular weight is 457 g/mol. The van der Waals surface area contributed by atoms with E-state index in [1.54, 1.807) is 0 Å². The Kier molecular flexibility index (Phi) is 8.79. The molecule has 2 aliphatic rings. The van der Waals surface area contributed by atoms with Gasteiger partial charge in [0, 0.05) is 0 Å². The number of rotatable bonds is 9. The van der Waals surface area contributed by atoms with Crippen molar-refractivity contribution in [3.63, 3.8) is 0 Å². The lowest BCUT2D eigenvalue weighted by molar-refractivity contribution is 0.0734. The smallest absolute Gasteiger partial charge is 0.343 e. The van der Waals surface area contributed by atoms with Gasteiger partial charge in [-0.2, -0.15) is 0 Å². The molecular formula is C32H40O2. The Hall–Kier alpha value is -2.61. The topological polar surface area (TPSA) is 26.3 Å². The lowest BCUT2D eigenvalue weighted by atomic mass is 9.63. The van der Waals surface area contributed by atoms with Crippen LogP contribution in [0.5, 0.6) is 5.75 Å². The molecule has 0 radical (unpaired) electrons. The molecule has 4 unspecified atom stereocenters. The maximum atomic E-state index is 12.6. The van der Waals surface area contributed by atoms with Gasteiger partial charge in [0.1, 0.15) is 5.75 Å². The first-order valence-corrected chi connectivity index (χ1v) is 13.3. The molecule has 0 heterocycles. The van der Waals surface area contributed by atoms with Gasteiger partial charge in [0.2, 0.25) is 0 Å². The molecule has 2 aromatic carbocycles. The monoisotopic (exact) mass is 456 g/mol. The van der Waals surface area contributed by atoms with Crippen molar-refractivity contribution in [1.82, 2.24) is 0 Å². The second-order valence-electron chi connectivity index (χ2n) is 10.3. The third-order valence-electron chi connectivity index (χ3n) is 8.09. The number of esters is 1.